The van der Waals surface area contributed by atoms with Gasteiger partial charge in [-0.15, -0.1) is 0 Å². The van der Waals surface area contributed by atoms with E-state index in [2.05, 4.69) is 20.4 Å². The van der Waals surface area contributed by atoms with Gasteiger partial charge in [-0.05, 0) is 48.4 Å². The van der Waals surface area contributed by atoms with Crippen molar-refractivity contribution in [2.45, 2.75) is 26.7 Å². The maximum atomic E-state index is 13.0. The Balaban J connectivity index is 2.39. The standard InChI is InChI=1S/C13H15F/c1-9(2)13(3)7-10-4-5-12(14)6-11(10)8-13/h4-6H,1,7-8H2,2-3H3. The molecule has 1 unspecified atom stereocenters. The van der Waals surface area contributed by atoms with Crippen molar-refractivity contribution in [1.29, 1.82) is 0 Å². The second-order valence-corrected chi connectivity index (χ2v) is 4.61. The maximum Gasteiger partial charge on any atom is 0.123 e. The monoisotopic (exact) mass is 190 g/mol. The van der Waals surface area contributed by atoms with Gasteiger partial charge in [-0.1, -0.05) is 25.1 Å². The van der Waals surface area contributed by atoms with Crippen LogP contribution in [0.5, 0.6) is 0 Å². The summed E-state index contributed by atoms with van der Waals surface area (Å²) in [6.07, 6.45) is 1.92. The SMILES string of the molecule is C=C(C)C1(C)Cc2ccc(F)cc2C1. The van der Waals surface area contributed by atoms with Gasteiger partial charge in [0.2, 0.25) is 0 Å². The predicted octanol–water partition coefficient (Wildman–Crippen LogP) is 3.51. The molecule has 1 aromatic rings. The lowest BCUT2D eigenvalue weighted by atomic mass is 9.81. The molecule has 0 aliphatic heterocycles. The average Bonchev–Trinajstić information content (AvgIpc) is 2.42. The van der Waals surface area contributed by atoms with Gasteiger partial charge in [0.05, 0.1) is 0 Å². The maximum absolute atomic E-state index is 13.0. The summed E-state index contributed by atoms with van der Waals surface area (Å²) in [5, 5.41) is 0. The Morgan fingerprint density at radius 1 is 1.36 bits per heavy atom. The normalized spacial score (nSPS) is 24.8. The molecule has 1 aromatic carbocycles. The molecule has 1 aliphatic rings. The van der Waals surface area contributed by atoms with Gasteiger partial charge < -0.3 is 0 Å². The van der Waals surface area contributed by atoms with Gasteiger partial charge in [0, 0.05) is 0 Å². The van der Waals surface area contributed by atoms with Crippen LogP contribution in [0.2, 0.25) is 0 Å². The second-order valence-electron chi connectivity index (χ2n) is 4.61. The summed E-state index contributed by atoms with van der Waals surface area (Å²) in [6.45, 7) is 8.28. The molecular weight excluding hydrogens is 175 g/mol. The van der Waals surface area contributed by atoms with Crippen LogP contribution in [0.1, 0.15) is 25.0 Å². The molecule has 1 aliphatic carbocycles. The van der Waals surface area contributed by atoms with Gasteiger partial charge in [-0.25, -0.2) is 4.39 Å². The molecule has 0 saturated carbocycles. The van der Waals surface area contributed by atoms with Crippen LogP contribution >= 0.6 is 0 Å². The highest BCUT2D eigenvalue weighted by Gasteiger charge is 2.33. The third kappa shape index (κ3) is 1.37. The third-order valence-electron chi connectivity index (χ3n) is 3.36. The lowest BCUT2D eigenvalue weighted by Gasteiger charge is -2.23. The zero-order valence-corrected chi connectivity index (χ0v) is 8.73. The first-order valence-corrected chi connectivity index (χ1v) is 4.94. The first-order chi connectivity index (χ1) is 6.51. The van der Waals surface area contributed by atoms with Gasteiger partial charge in [0.25, 0.3) is 0 Å². The van der Waals surface area contributed by atoms with Crippen LogP contribution in [-0.2, 0) is 12.8 Å². The predicted molar refractivity (Wildman–Crippen MR) is 56.7 cm³/mol. The second kappa shape index (κ2) is 2.94. The molecule has 0 fully saturated rings. The minimum atomic E-state index is -0.130. The van der Waals surface area contributed by atoms with E-state index in [4.69, 9.17) is 0 Å². The Morgan fingerprint density at radius 3 is 2.64 bits per heavy atom. The van der Waals surface area contributed by atoms with Crippen LogP contribution < -0.4 is 0 Å². The molecule has 2 rings (SSSR count). The molecule has 0 saturated heterocycles. The molecular formula is C13H15F. The van der Waals surface area contributed by atoms with Crippen molar-refractivity contribution >= 4 is 0 Å². The molecule has 0 heterocycles. The summed E-state index contributed by atoms with van der Waals surface area (Å²) in [7, 11) is 0. The fourth-order valence-corrected chi connectivity index (χ4v) is 2.14. The van der Waals surface area contributed by atoms with E-state index in [0.29, 0.717) is 0 Å². The van der Waals surface area contributed by atoms with Crippen molar-refractivity contribution in [2.75, 3.05) is 0 Å². The van der Waals surface area contributed by atoms with Crippen molar-refractivity contribution < 1.29 is 4.39 Å². The summed E-state index contributed by atoms with van der Waals surface area (Å²) in [4.78, 5) is 0. The molecule has 0 amide bonds. The highest BCUT2D eigenvalue weighted by molar-refractivity contribution is 5.37. The van der Waals surface area contributed by atoms with Crippen LogP contribution in [-0.4, -0.2) is 0 Å². The van der Waals surface area contributed by atoms with Gasteiger partial charge in [0.1, 0.15) is 5.82 Å². The van der Waals surface area contributed by atoms with E-state index >= 15 is 0 Å². The highest BCUT2D eigenvalue weighted by atomic mass is 19.1. The number of benzene rings is 1. The molecule has 1 atom stereocenters. The fourth-order valence-electron chi connectivity index (χ4n) is 2.14. The van der Waals surface area contributed by atoms with Crippen LogP contribution in [0, 0.1) is 11.2 Å². The van der Waals surface area contributed by atoms with Crippen LogP contribution in [0.3, 0.4) is 0 Å². The Morgan fingerprint density at radius 2 is 2.00 bits per heavy atom. The minimum absolute atomic E-state index is 0.130. The van der Waals surface area contributed by atoms with E-state index < -0.39 is 0 Å². The first-order valence-electron chi connectivity index (χ1n) is 4.94. The Hall–Kier alpha value is -1.11. The van der Waals surface area contributed by atoms with Gasteiger partial charge in [-0.3, -0.25) is 0 Å². The van der Waals surface area contributed by atoms with Gasteiger partial charge in [-0.2, -0.15) is 0 Å². The highest BCUT2D eigenvalue weighted by Crippen LogP contribution is 2.41. The third-order valence-corrected chi connectivity index (χ3v) is 3.36. The van der Waals surface area contributed by atoms with Crippen molar-refractivity contribution in [3.8, 4) is 0 Å². The minimum Gasteiger partial charge on any atom is -0.207 e. The number of halogens is 1. The summed E-state index contributed by atoms with van der Waals surface area (Å²) >= 11 is 0. The van der Waals surface area contributed by atoms with Crippen molar-refractivity contribution in [1.82, 2.24) is 0 Å². The molecule has 1 heteroatoms. The zero-order chi connectivity index (χ0) is 10.3. The molecule has 0 aromatic heterocycles. The Bertz CT molecular complexity index is 392. The van der Waals surface area contributed by atoms with Gasteiger partial charge in [0.15, 0.2) is 0 Å². The van der Waals surface area contributed by atoms with Crippen molar-refractivity contribution in [3.63, 3.8) is 0 Å². The van der Waals surface area contributed by atoms with Crippen LogP contribution in [0.4, 0.5) is 4.39 Å². The molecule has 0 nitrogen and oxygen atoms in total. The van der Waals surface area contributed by atoms with E-state index in [1.807, 2.05) is 6.07 Å². The molecule has 0 radical (unpaired) electrons. The fraction of sp³-hybridized carbons (Fsp3) is 0.385. The number of rotatable bonds is 1. The topological polar surface area (TPSA) is 0 Å². The number of fused-ring (bicyclic) bond motifs is 1. The van der Waals surface area contributed by atoms with Crippen LogP contribution in [0.15, 0.2) is 30.4 Å². The van der Waals surface area contributed by atoms with E-state index in [0.717, 1.165) is 18.4 Å². The Labute approximate surface area is 84.5 Å². The van der Waals surface area contributed by atoms with Gasteiger partial charge >= 0.3 is 0 Å². The summed E-state index contributed by atoms with van der Waals surface area (Å²) in [6, 6.07) is 5.10. The quantitative estimate of drug-likeness (QED) is 0.594. The van der Waals surface area contributed by atoms with Crippen LogP contribution in [0.25, 0.3) is 0 Å². The largest absolute Gasteiger partial charge is 0.207 e. The van der Waals surface area contributed by atoms with Crippen molar-refractivity contribution in [3.05, 3.63) is 47.3 Å². The van der Waals surface area contributed by atoms with Crippen molar-refractivity contribution in [2.24, 2.45) is 5.41 Å². The summed E-state index contributed by atoms with van der Waals surface area (Å²) in [5.41, 5.74) is 3.75. The lowest BCUT2D eigenvalue weighted by molar-refractivity contribution is 0.426. The van der Waals surface area contributed by atoms with E-state index in [9.17, 15) is 4.39 Å². The summed E-state index contributed by atoms with van der Waals surface area (Å²) in [5.74, 6) is -0.130. The Kier molecular flexibility index (Phi) is 1.99. The number of hydrogen-bond acceptors (Lipinski definition) is 0. The summed E-state index contributed by atoms with van der Waals surface area (Å²) < 4.78 is 13.0. The molecule has 0 N–H and O–H groups in total. The number of hydrogen-bond donors (Lipinski definition) is 0. The molecule has 0 bridgehead atoms. The lowest BCUT2D eigenvalue weighted by Crippen LogP contribution is -2.17. The molecule has 14 heavy (non-hydrogen) atoms. The smallest absolute Gasteiger partial charge is 0.123 e. The average molecular weight is 190 g/mol. The molecule has 0 spiro atoms. The molecule has 74 valence electrons. The zero-order valence-electron chi connectivity index (χ0n) is 8.73. The first kappa shape index (κ1) is 9.45. The number of allylic oxidation sites excluding steroid dienone is 1. The van der Waals surface area contributed by atoms with E-state index in [1.54, 1.807) is 12.1 Å². The van der Waals surface area contributed by atoms with E-state index in [-0.39, 0.29) is 11.2 Å². The van der Waals surface area contributed by atoms with E-state index in [1.165, 1.54) is 11.1 Å².